The minimum atomic E-state index is 0.787. The summed E-state index contributed by atoms with van der Waals surface area (Å²) in [5, 5.41) is 11.7. The van der Waals surface area contributed by atoms with Crippen molar-refractivity contribution < 1.29 is 0 Å². The van der Waals surface area contributed by atoms with Crippen molar-refractivity contribution in [2.75, 3.05) is 0 Å². The SMILES string of the molecule is Cn1cc(CNCc2ccn(C)n2)cn1. The van der Waals surface area contributed by atoms with Gasteiger partial charge in [0.25, 0.3) is 0 Å². The molecule has 0 aliphatic heterocycles. The molecule has 5 heteroatoms. The quantitative estimate of drug-likeness (QED) is 0.788. The van der Waals surface area contributed by atoms with E-state index in [1.807, 2.05) is 38.8 Å². The average Bonchev–Trinajstić information content (AvgIpc) is 2.76. The molecule has 5 nitrogen and oxygen atoms in total. The molecule has 0 unspecified atom stereocenters. The van der Waals surface area contributed by atoms with Crippen LogP contribution in [0.25, 0.3) is 0 Å². The first-order chi connectivity index (χ1) is 7.24. The Kier molecular flexibility index (Phi) is 2.82. The fraction of sp³-hybridized carbons (Fsp3) is 0.400. The Labute approximate surface area is 88.7 Å². The van der Waals surface area contributed by atoms with Gasteiger partial charge in [-0.3, -0.25) is 9.36 Å². The van der Waals surface area contributed by atoms with Crippen LogP contribution in [-0.4, -0.2) is 19.6 Å². The van der Waals surface area contributed by atoms with Crippen molar-refractivity contribution in [2.24, 2.45) is 14.1 Å². The molecule has 2 aromatic heterocycles. The van der Waals surface area contributed by atoms with Gasteiger partial charge in [0.15, 0.2) is 0 Å². The Morgan fingerprint density at radius 1 is 1.27 bits per heavy atom. The lowest BCUT2D eigenvalue weighted by Crippen LogP contribution is -2.12. The van der Waals surface area contributed by atoms with Crippen LogP contribution in [0.4, 0.5) is 0 Å². The summed E-state index contributed by atoms with van der Waals surface area (Å²) in [6, 6.07) is 2.01. The second-order valence-electron chi connectivity index (χ2n) is 3.61. The Morgan fingerprint density at radius 3 is 2.73 bits per heavy atom. The fourth-order valence-corrected chi connectivity index (χ4v) is 1.46. The van der Waals surface area contributed by atoms with Crippen LogP contribution in [0.15, 0.2) is 24.7 Å². The molecule has 0 aliphatic rings. The monoisotopic (exact) mass is 205 g/mol. The van der Waals surface area contributed by atoms with Gasteiger partial charge >= 0.3 is 0 Å². The summed E-state index contributed by atoms with van der Waals surface area (Å²) in [5.41, 5.74) is 2.25. The van der Waals surface area contributed by atoms with E-state index in [0.29, 0.717) is 0 Å². The zero-order valence-electron chi connectivity index (χ0n) is 9.01. The van der Waals surface area contributed by atoms with Crippen molar-refractivity contribution in [1.82, 2.24) is 24.9 Å². The highest BCUT2D eigenvalue weighted by Crippen LogP contribution is 1.97. The number of aromatic nitrogens is 4. The third kappa shape index (κ3) is 2.66. The number of hydrogen-bond acceptors (Lipinski definition) is 3. The van der Waals surface area contributed by atoms with Gasteiger partial charge in [-0.2, -0.15) is 10.2 Å². The summed E-state index contributed by atoms with van der Waals surface area (Å²) in [7, 11) is 3.84. The van der Waals surface area contributed by atoms with Gasteiger partial charge in [0.05, 0.1) is 11.9 Å². The highest BCUT2D eigenvalue weighted by Gasteiger charge is 1.98. The third-order valence-corrected chi connectivity index (χ3v) is 2.16. The maximum atomic E-state index is 4.28. The van der Waals surface area contributed by atoms with E-state index >= 15 is 0 Å². The molecule has 0 bridgehead atoms. The average molecular weight is 205 g/mol. The molecule has 0 radical (unpaired) electrons. The second-order valence-corrected chi connectivity index (χ2v) is 3.61. The maximum absolute atomic E-state index is 4.28. The summed E-state index contributed by atoms with van der Waals surface area (Å²) >= 11 is 0. The molecule has 15 heavy (non-hydrogen) atoms. The van der Waals surface area contributed by atoms with Crippen LogP contribution in [0.1, 0.15) is 11.3 Å². The minimum absolute atomic E-state index is 0.787. The van der Waals surface area contributed by atoms with Crippen LogP contribution in [-0.2, 0) is 27.2 Å². The van der Waals surface area contributed by atoms with Crippen LogP contribution in [0.3, 0.4) is 0 Å². The van der Waals surface area contributed by atoms with E-state index in [-0.39, 0.29) is 0 Å². The van der Waals surface area contributed by atoms with Crippen molar-refractivity contribution in [1.29, 1.82) is 0 Å². The van der Waals surface area contributed by atoms with Gasteiger partial charge in [-0.15, -0.1) is 0 Å². The Morgan fingerprint density at radius 2 is 2.13 bits per heavy atom. The molecular weight excluding hydrogens is 190 g/mol. The predicted molar refractivity (Wildman–Crippen MR) is 57.0 cm³/mol. The van der Waals surface area contributed by atoms with E-state index in [1.165, 1.54) is 5.56 Å². The molecule has 0 amide bonds. The van der Waals surface area contributed by atoms with Gasteiger partial charge in [-0.05, 0) is 6.07 Å². The summed E-state index contributed by atoms with van der Waals surface area (Å²) in [5.74, 6) is 0. The molecule has 2 rings (SSSR count). The fourth-order valence-electron chi connectivity index (χ4n) is 1.46. The Balaban J connectivity index is 1.80. The summed E-state index contributed by atoms with van der Waals surface area (Å²) in [6.45, 7) is 1.61. The lowest BCUT2D eigenvalue weighted by atomic mass is 10.3. The summed E-state index contributed by atoms with van der Waals surface area (Å²) in [6.07, 6.45) is 5.82. The van der Waals surface area contributed by atoms with Crippen molar-refractivity contribution in [3.8, 4) is 0 Å². The van der Waals surface area contributed by atoms with Gasteiger partial charge in [0.2, 0.25) is 0 Å². The van der Waals surface area contributed by atoms with E-state index in [2.05, 4.69) is 15.5 Å². The van der Waals surface area contributed by atoms with Crippen LogP contribution in [0, 0.1) is 0 Å². The molecule has 0 spiro atoms. The van der Waals surface area contributed by atoms with E-state index < -0.39 is 0 Å². The molecule has 0 fully saturated rings. The molecular formula is C10H15N5. The van der Waals surface area contributed by atoms with E-state index in [9.17, 15) is 0 Å². The molecule has 0 aromatic carbocycles. The van der Waals surface area contributed by atoms with Gasteiger partial charge < -0.3 is 5.32 Å². The van der Waals surface area contributed by atoms with Crippen molar-refractivity contribution in [3.05, 3.63) is 35.9 Å². The van der Waals surface area contributed by atoms with Crippen molar-refractivity contribution in [2.45, 2.75) is 13.1 Å². The number of nitrogens with one attached hydrogen (secondary N) is 1. The summed E-state index contributed by atoms with van der Waals surface area (Å²) < 4.78 is 3.61. The topological polar surface area (TPSA) is 47.7 Å². The first-order valence-corrected chi connectivity index (χ1v) is 4.91. The zero-order chi connectivity index (χ0) is 10.7. The number of aryl methyl sites for hydroxylation is 2. The zero-order valence-corrected chi connectivity index (χ0v) is 9.01. The van der Waals surface area contributed by atoms with Gasteiger partial charge in [0.1, 0.15) is 0 Å². The smallest absolute Gasteiger partial charge is 0.0762 e. The van der Waals surface area contributed by atoms with Crippen molar-refractivity contribution >= 4 is 0 Å². The standard InChI is InChI=1S/C10H15N5/c1-14-4-3-10(13-14)7-11-5-9-6-12-15(2)8-9/h3-4,6,8,11H,5,7H2,1-2H3. The lowest BCUT2D eigenvalue weighted by molar-refractivity contribution is 0.656. The predicted octanol–water partition coefficient (Wildman–Crippen LogP) is 0.443. The van der Waals surface area contributed by atoms with E-state index in [1.54, 1.807) is 9.36 Å². The maximum Gasteiger partial charge on any atom is 0.0762 e. The van der Waals surface area contributed by atoms with E-state index in [4.69, 9.17) is 0 Å². The highest BCUT2D eigenvalue weighted by molar-refractivity contribution is 5.04. The van der Waals surface area contributed by atoms with Crippen LogP contribution in [0.2, 0.25) is 0 Å². The summed E-state index contributed by atoms with van der Waals surface area (Å²) in [4.78, 5) is 0. The van der Waals surface area contributed by atoms with Gasteiger partial charge in [-0.25, -0.2) is 0 Å². The lowest BCUT2D eigenvalue weighted by Gasteiger charge is -1.99. The van der Waals surface area contributed by atoms with Crippen LogP contribution < -0.4 is 5.32 Å². The molecule has 0 saturated carbocycles. The number of hydrogen-bond donors (Lipinski definition) is 1. The molecule has 2 aromatic rings. The van der Waals surface area contributed by atoms with Crippen LogP contribution >= 0.6 is 0 Å². The molecule has 80 valence electrons. The Bertz CT molecular complexity index is 388. The number of nitrogens with zero attached hydrogens (tertiary/aromatic N) is 4. The van der Waals surface area contributed by atoms with E-state index in [0.717, 1.165) is 18.8 Å². The first kappa shape index (κ1) is 9.92. The largest absolute Gasteiger partial charge is 0.307 e. The molecule has 0 atom stereocenters. The van der Waals surface area contributed by atoms with Gasteiger partial charge in [-0.1, -0.05) is 0 Å². The van der Waals surface area contributed by atoms with Crippen LogP contribution in [0.5, 0.6) is 0 Å². The minimum Gasteiger partial charge on any atom is -0.307 e. The molecule has 0 saturated heterocycles. The first-order valence-electron chi connectivity index (χ1n) is 4.91. The Hall–Kier alpha value is -1.62. The number of rotatable bonds is 4. The molecule has 1 N–H and O–H groups in total. The third-order valence-electron chi connectivity index (χ3n) is 2.16. The second kappa shape index (κ2) is 4.27. The molecule has 2 heterocycles. The normalized spacial score (nSPS) is 10.8. The molecule has 0 aliphatic carbocycles. The highest BCUT2D eigenvalue weighted by atomic mass is 15.3. The van der Waals surface area contributed by atoms with Gasteiger partial charge in [0, 0.05) is 45.1 Å². The van der Waals surface area contributed by atoms with Crippen molar-refractivity contribution in [3.63, 3.8) is 0 Å².